The molecule has 0 unspecified atom stereocenters. The molecule has 2 aromatic rings. The second kappa shape index (κ2) is 9.53. The number of aliphatic hydroxyl groups is 1. The van der Waals surface area contributed by atoms with Crippen LogP contribution in [0.2, 0.25) is 0 Å². The van der Waals surface area contributed by atoms with Crippen molar-refractivity contribution in [2.24, 2.45) is 0 Å². The highest BCUT2D eigenvalue weighted by Gasteiger charge is 2.24. The van der Waals surface area contributed by atoms with Crippen LogP contribution in [0.3, 0.4) is 0 Å². The topological polar surface area (TPSA) is 83.0 Å². The second-order valence-electron chi connectivity index (χ2n) is 8.50. The number of aliphatic hydroxyl groups excluding tert-OH is 1. The number of nitrogens with one attached hydrogen (secondary N) is 2. The minimum absolute atomic E-state index is 0.145. The molecule has 0 saturated heterocycles. The van der Waals surface area contributed by atoms with Gasteiger partial charge in [0.1, 0.15) is 5.82 Å². The van der Waals surface area contributed by atoms with Crippen molar-refractivity contribution in [3.05, 3.63) is 35.8 Å². The molecule has 0 spiro atoms. The average Bonchev–Trinajstić information content (AvgIpc) is 2.76. The molecule has 4 rings (SSSR count). The predicted octanol–water partition coefficient (Wildman–Crippen LogP) is 4.94. The number of hydrogen-bond acceptors (Lipinski definition) is 6. The molecule has 6 nitrogen and oxygen atoms in total. The van der Waals surface area contributed by atoms with Crippen molar-refractivity contribution >= 4 is 17.5 Å². The Morgan fingerprint density at radius 2 is 1.83 bits per heavy atom. The number of pyridine rings is 1. The SMILES string of the molecule is CCc1cc(Nc2ncc(C3CCCCC3)c(NC3CCC(O)CC3)n2)ccn1. The van der Waals surface area contributed by atoms with Crippen molar-refractivity contribution in [1.29, 1.82) is 0 Å². The lowest BCUT2D eigenvalue weighted by Gasteiger charge is -2.29. The fraction of sp³-hybridized carbons (Fsp3) is 0.609. The first kappa shape index (κ1) is 20.1. The maximum absolute atomic E-state index is 9.83. The van der Waals surface area contributed by atoms with E-state index in [1.165, 1.54) is 37.7 Å². The average molecular weight is 396 g/mol. The molecular weight excluding hydrogens is 362 g/mol. The van der Waals surface area contributed by atoms with Gasteiger partial charge in [-0.05, 0) is 63.0 Å². The summed E-state index contributed by atoms with van der Waals surface area (Å²) in [6.07, 6.45) is 14.7. The van der Waals surface area contributed by atoms with Gasteiger partial charge in [-0.2, -0.15) is 4.98 Å². The minimum Gasteiger partial charge on any atom is -0.393 e. The molecule has 2 aliphatic rings. The summed E-state index contributed by atoms with van der Waals surface area (Å²) in [6.45, 7) is 2.10. The number of rotatable bonds is 6. The number of nitrogens with zero attached hydrogens (tertiary/aromatic N) is 3. The number of aromatic nitrogens is 3. The summed E-state index contributed by atoms with van der Waals surface area (Å²) in [5.74, 6) is 2.14. The monoisotopic (exact) mass is 395 g/mol. The molecule has 0 atom stereocenters. The first-order valence-electron chi connectivity index (χ1n) is 11.2. The molecule has 0 aliphatic heterocycles. The summed E-state index contributed by atoms with van der Waals surface area (Å²) >= 11 is 0. The van der Waals surface area contributed by atoms with Gasteiger partial charge in [0, 0.05) is 35.4 Å². The van der Waals surface area contributed by atoms with Crippen LogP contribution in [0, 0.1) is 0 Å². The molecular formula is C23H33N5O. The highest BCUT2D eigenvalue weighted by atomic mass is 16.3. The van der Waals surface area contributed by atoms with Crippen LogP contribution in [0.1, 0.15) is 81.9 Å². The summed E-state index contributed by atoms with van der Waals surface area (Å²) in [4.78, 5) is 13.9. The molecule has 0 amide bonds. The van der Waals surface area contributed by atoms with E-state index in [2.05, 4.69) is 27.5 Å². The van der Waals surface area contributed by atoms with E-state index in [1.807, 2.05) is 24.5 Å². The van der Waals surface area contributed by atoms with Crippen molar-refractivity contribution < 1.29 is 5.11 Å². The van der Waals surface area contributed by atoms with E-state index in [4.69, 9.17) is 4.98 Å². The van der Waals surface area contributed by atoms with Crippen LogP contribution < -0.4 is 10.6 Å². The lowest BCUT2D eigenvalue weighted by atomic mass is 9.84. The molecule has 0 radical (unpaired) electrons. The van der Waals surface area contributed by atoms with Gasteiger partial charge in [0.05, 0.1) is 6.10 Å². The van der Waals surface area contributed by atoms with Crippen molar-refractivity contribution in [3.63, 3.8) is 0 Å². The summed E-state index contributed by atoms with van der Waals surface area (Å²) in [6, 6.07) is 4.37. The molecule has 6 heteroatoms. The third-order valence-electron chi connectivity index (χ3n) is 6.33. The van der Waals surface area contributed by atoms with E-state index in [9.17, 15) is 5.11 Å². The largest absolute Gasteiger partial charge is 0.393 e. The molecule has 0 aromatic carbocycles. The normalized spacial score (nSPS) is 23.0. The Labute approximate surface area is 173 Å². The highest BCUT2D eigenvalue weighted by Crippen LogP contribution is 2.36. The number of aryl methyl sites for hydroxylation is 1. The molecule has 2 aromatic heterocycles. The van der Waals surface area contributed by atoms with Crippen molar-refractivity contribution in [1.82, 2.24) is 15.0 Å². The van der Waals surface area contributed by atoms with E-state index >= 15 is 0 Å². The standard InChI is InChI=1S/C23H33N5O/c1-2-17-14-19(12-13-24-17)27-23-25-15-21(16-6-4-3-5-7-16)22(28-23)26-18-8-10-20(29)11-9-18/h12-16,18,20,29H,2-11H2,1H3,(H2,24,25,26,27,28). The third-order valence-corrected chi connectivity index (χ3v) is 6.33. The molecule has 2 fully saturated rings. The van der Waals surface area contributed by atoms with Crippen LogP contribution in [0.4, 0.5) is 17.5 Å². The van der Waals surface area contributed by atoms with Gasteiger partial charge < -0.3 is 15.7 Å². The highest BCUT2D eigenvalue weighted by molar-refractivity contribution is 5.57. The van der Waals surface area contributed by atoms with Gasteiger partial charge in [0.15, 0.2) is 0 Å². The van der Waals surface area contributed by atoms with E-state index in [1.54, 1.807) is 0 Å². The van der Waals surface area contributed by atoms with Gasteiger partial charge in [-0.3, -0.25) is 4.98 Å². The Balaban J connectivity index is 1.56. The molecule has 0 bridgehead atoms. The van der Waals surface area contributed by atoms with E-state index < -0.39 is 0 Å². The van der Waals surface area contributed by atoms with E-state index in [0.717, 1.165) is 49.3 Å². The van der Waals surface area contributed by atoms with E-state index in [-0.39, 0.29) is 6.10 Å². The van der Waals surface area contributed by atoms with Gasteiger partial charge in [0.2, 0.25) is 5.95 Å². The molecule has 29 heavy (non-hydrogen) atoms. The second-order valence-corrected chi connectivity index (χ2v) is 8.50. The zero-order valence-electron chi connectivity index (χ0n) is 17.4. The summed E-state index contributed by atoms with van der Waals surface area (Å²) in [5.41, 5.74) is 3.27. The maximum atomic E-state index is 9.83. The fourth-order valence-corrected chi connectivity index (χ4v) is 4.57. The summed E-state index contributed by atoms with van der Waals surface area (Å²) in [7, 11) is 0. The van der Waals surface area contributed by atoms with Crippen LogP contribution in [0.15, 0.2) is 24.5 Å². The van der Waals surface area contributed by atoms with Crippen LogP contribution in [-0.2, 0) is 6.42 Å². The van der Waals surface area contributed by atoms with Crippen molar-refractivity contribution in [2.45, 2.75) is 89.2 Å². The van der Waals surface area contributed by atoms with Gasteiger partial charge in [-0.1, -0.05) is 26.2 Å². The van der Waals surface area contributed by atoms with Crippen LogP contribution in [0.25, 0.3) is 0 Å². The van der Waals surface area contributed by atoms with Gasteiger partial charge >= 0.3 is 0 Å². The van der Waals surface area contributed by atoms with Gasteiger partial charge in [-0.25, -0.2) is 4.98 Å². The Morgan fingerprint density at radius 1 is 1.03 bits per heavy atom. The molecule has 2 saturated carbocycles. The predicted molar refractivity (Wildman–Crippen MR) is 117 cm³/mol. The Bertz CT molecular complexity index is 798. The van der Waals surface area contributed by atoms with Gasteiger partial charge in [-0.15, -0.1) is 0 Å². The molecule has 2 heterocycles. The van der Waals surface area contributed by atoms with E-state index in [0.29, 0.717) is 17.9 Å². The molecule has 2 aliphatic carbocycles. The van der Waals surface area contributed by atoms with Gasteiger partial charge in [0.25, 0.3) is 0 Å². The lowest BCUT2D eigenvalue weighted by molar-refractivity contribution is 0.126. The van der Waals surface area contributed by atoms with Crippen LogP contribution >= 0.6 is 0 Å². The maximum Gasteiger partial charge on any atom is 0.229 e. The van der Waals surface area contributed by atoms with Crippen molar-refractivity contribution in [2.75, 3.05) is 10.6 Å². The zero-order valence-corrected chi connectivity index (χ0v) is 17.4. The summed E-state index contributed by atoms with van der Waals surface area (Å²) in [5, 5.41) is 16.9. The summed E-state index contributed by atoms with van der Waals surface area (Å²) < 4.78 is 0. The molecule has 3 N–H and O–H groups in total. The quantitative estimate of drug-likeness (QED) is 0.642. The Kier molecular flexibility index (Phi) is 6.60. The lowest BCUT2D eigenvalue weighted by Crippen LogP contribution is -2.29. The number of anilines is 3. The Morgan fingerprint density at radius 3 is 2.59 bits per heavy atom. The van der Waals surface area contributed by atoms with Crippen LogP contribution in [-0.4, -0.2) is 32.2 Å². The van der Waals surface area contributed by atoms with Crippen LogP contribution in [0.5, 0.6) is 0 Å². The zero-order chi connectivity index (χ0) is 20.1. The Hall–Kier alpha value is -2.21. The first-order chi connectivity index (χ1) is 14.2. The first-order valence-corrected chi connectivity index (χ1v) is 11.2. The fourth-order valence-electron chi connectivity index (χ4n) is 4.57. The van der Waals surface area contributed by atoms with Crippen molar-refractivity contribution in [3.8, 4) is 0 Å². The smallest absolute Gasteiger partial charge is 0.229 e. The third kappa shape index (κ3) is 5.24. The molecule has 156 valence electrons. The minimum atomic E-state index is -0.145. The number of hydrogen-bond donors (Lipinski definition) is 3.